The Balaban J connectivity index is 2.49. The predicted octanol–water partition coefficient (Wildman–Crippen LogP) is 7.11. The van der Waals surface area contributed by atoms with Crippen LogP contribution in [0.2, 0.25) is 0 Å². The maximum Gasteiger partial charge on any atom is 0.472 e. The first-order valence-electron chi connectivity index (χ1n) is 21.0. The standard InChI is InChI=1S/C40H75O13P/c1-3-5-7-9-11-13-14-15-16-17-18-19-21-23-25-27-29-34(42)52-32(30-50-33(41)28-26-24-22-20-12-10-8-6-4-2)31-51-54(48,49)53-40-38(46)36(44)35(43)37(45)39(40)47/h16-17,32,35-40,43-47H,3-15,18-31H2,1-2H3,(H,48,49)/b17-16-. The molecule has 13 nitrogen and oxygen atoms in total. The van der Waals surface area contributed by atoms with E-state index in [1.54, 1.807) is 0 Å². The molecule has 0 aromatic heterocycles. The molecule has 0 amide bonds. The van der Waals surface area contributed by atoms with E-state index < -0.39 is 75.7 Å². The van der Waals surface area contributed by atoms with Crippen LogP contribution in [0.3, 0.4) is 0 Å². The fourth-order valence-corrected chi connectivity index (χ4v) is 7.37. The fraction of sp³-hybridized carbons (Fsp3) is 0.900. The van der Waals surface area contributed by atoms with E-state index in [1.807, 2.05) is 0 Å². The number of phosphoric acid groups is 1. The first-order valence-corrected chi connectivity index (χ1v) is 22.5. The predicted molar refractivity (Wildman–Crippen MR) is 207 cm³/mol. The molecular formula is C40H75O13P. The second kappa shape index (κ2) is 31.6. The number of ether oxygens (including phenoxy) is 2. The van der Waals surface area contributed by atoms with Crippen molar-refractivity contribution >= 4 is 19.8 Å². The molecule has 1 saturated carbocycles. The minimum atomic E-state index is -5.11. The van der Waals surface area contributed by atoms with Crippen LogP contribution in [-0.2, 0) is 32.7 Å². The topological polar surface area (TPSA) is 210 Å². The van der Waals surface area contributed by atoms with Gasteiger partial charge in [-0.1, -0.05) is 135 Å². The third kappa shape index (κ3) is 24.3. The SMILES string of the molecule is CCCCCCCCC/C=C\CCCCCCCC(=O)OC(COC(=O)CCCCCCCCCCC)COP(=O)(O)OC1C(O)C(O)C(O)C(O)C1O. The first-order chi connectivity index (χ1) is 25.9. The average molecular weight is 795 g/mol. The van der Waals surface area contributed by atoms with Crippen LogP contribution in [0, 0.1) is 0 Å². The van der Waals surface area contributed by atoms with E-state index in [0.717, 1.165) is 57.8 Å². The van der Waals surface area contributed by atoms with Crippen molar-refractivity contribution in [2.45, 2.75) is 217 Å². The lowest BCUT2D eigenvalue weighted by Crippen LogP contribution is -2.64. The summed E-state index contributed by atoms with van der Waals surface area (Å²) in [5, 5.41) is 50.0. The van der Waals surface area contributed by atoms with Crippen molar-refractivity contribution in [3.63, 3.8) is 0 Å². The molecule has 0 radical (unpaired) electrons. The summed E-state index contributed by atoms with van der Waals surface area (Å²) < 4.78 is 33.3. The minimum absolute atomic E-state index is 0.0904. The van der Waals surface area contributed by atoms with Crippen LogP contribution in [0.1, 0.15) is 174 Å². The number of rotatable bonds is 34. The molecule has 6 N–H and O–H groups in total. The van der Waals surface area contributed by atoms with Crippen LogP contribution in [-0.4, -0.2) is 98.3 Å². The van der Waals surface area contributed by atoms with Gasteiger partial charge in [0.15, 0.2) is 6.10 Å². The Bertz CT molecular complexity index is 1010. The summed E-state index contributed by atoms with van der Waals surface area (Å²) in [6.45, 7) is 3.25. The maximum absolute atomic E-state index is 12.7. The van der Waals surface area contributed by atoms with Gasteiger partial charge in [-0.25, -0.2) is 4.57 Å². The summed E-state index contributed by atoms with van der Waals surface area (Å²) >= 11 is 0. The molecule has 0 heterocycles. The number of aliphatic hydroxyl groups is 5. The highest BCUT2D eigenvalue weighted by atomic mass is 31.2. The number of unbranched alkanes of at least 4 members (excludes halogenated alkanes) is 20. The van der Waals surface area contributed by atoms with Crippen molar-refractivity contribution in [2.24, 2.45) is 0 Å². The van der Waals surface area contributed by atoms with E-state index in [0.29, 0.717) is 12.8 Å². The average Bonchev–Trinajstić information content (AvgIpc) is 3.15. The molecule has 0 aliphatic heterocycles. The van der Waals surface area contributed by atoms with Gasteiger partial charge in [-0.2, -0.15) is 0 Å². The third-order valence-electron chi connectivity index (χ3n) is 9.86. The van der Waals surface area contributed by atoms with Gasteiger partial charge in [0.25, 0.3) is 0 Å². The van der Waals surface area contributed by atoms with Gasteiger partial charge >= 0.3 is 19.8 Å². The second-order valence-corrected chi connectivity index (χ2v) is 16.3. The van der Waals surface area contributed by atoms with Crippen molar-refractivity contribution < 1.29 is 63.1 Å². The highest BCUT2D eigenvalue weighted by molar-refractivity contribution is 7.47. The monoisotopic (exact) mass is 794 g/mol. The Morgan fingerprint density at radius 3 is 1.41 bits per heavy atom. The molecule has 1 aliphatic carbocycles. The van der Waals surface area contributed by atoms with E-state index in [9.17, 15) is 44.6 Å². The van der Waals surface area contributed by atoms with Crippen molar-refractivity contribution in [2.75, 3.05) is 13.2 Å². The van der Waals surface area contributed by atoms with E-state index in [-0.39, 0.29) is 12.8 Å². The molecule has 1 aliphatic rings. The smallest absolute Gasteiger partial charge is 0.462 e. The number of hydrogen-bond donors (Lipinski definition) is 6. The van der Waals surface area contributed by atoms with Crippen LogP contribution < -0.4 is 0 Å². The van der Waals surface area contributed by atoms with Crippen molar-refractivity contribution in [1.29, 1.82) is 0 Å². The number of aliphatic hydroxyl groups excluding tert-OH is 5. The van der Waals surface area contributed by atoms with Gasteiger partial charge in [0, 0.05) is 12.8 Å². The zero-order valence-electron chi connectivity index (χ0n) is 33.3. The summed E-state index contributed by atoms with van der Waals surface area (Å²) in [4.78, 5) is 35.5. The molecule has 1 fully saturated rings. The van der Waals surface area contributed by atoms with Gasteiger partial charge < -0.3 is 39.9 Å². The van der Waals surface area contributed by atoms with Gasteiger partial charge in [-0.05, 0) is 38.5 Å². The molecule has 1 rings (SSSR count). The number of esters is 2. The lowest BCUT2D eigenvalue weighted by atomic mass is 9.85. The minimum Gasteiger partial charge on any atom is -0.462 e. The van der Waals surface area contributed by atoms with Crippen LogP contribution in [0.15, 0.2) is 12.2 Å². The van der Waals surface area contributed by atoms with Gasteiger partial charge in [-0.3, -0.25) is 18.6 Å². The van der Waals surface area contributed by atoms with E-state index >= 15 is 0 Å². The fourth-order valence-electron chi connectivity index (χ4n) is 6.40. The number of carbonyl (C=O) groups excluding carboxylic acids is 2. The lowest BCUT2D eigenvalue weighted by molar-refractivity contribution is -0.220. The molecule has 14 heteroatoms. The van der Waals surface area contributed by atoms with Crippen molar-refractivity contribution in [3.05, 3.63) is 12.2 Å². The Kier molecular flexibility index (Phi) is 29.7. The summed E-state index contributed by atoms with van der Waals surface area (Å²) in [7, 11) is -5.11. The Morgan fingerprint density at radius 1 is 0.556 bits per heavy atom. The highest BCUT2D eigenvalue weighted by Crippen LogP contribution is 2.47. The lowest BCUT2D eigenvalue weighted by Gasteiger charge is -2.41. The summed E-state index contributed by atoms with van der Waals surface area (Å²) in [6, 6.07) is 0. The van der Waals surface area contributed by atoms with Crippen LogP contribution in [0.5, 0.6) is 0 Å². The van der Waals surface area contributed by atoms with E-state index in [1.165, 1.54) is 77.0 Å². The molecule has 0 spiro atoms. The van der Waals surface area contributed by atoms with E-state index in [2.05, 4.69) is 26.0 Å². The Morgan fingerprint density at radius 2 is 0.944 bits per heavy atom. The molecule has 6 unspecified atom stereocenters. The van der Waals surface area contributed by atoms with E-state index in [4.69, 9.17) is 18.5 Å². The van der Waals surface area contributed by atoms with Crippen LogP contribution in [0.4, 0.5) is 0 Å². The summed E-state index contributed by atoms with van der Waals surface area (Å²) in [5.74, 6) is -1.11. The van der Waals surface area contributed by atoms with Gasteiger partial charge in [-0.15, -0.1) is 0 Å². The van der Waals surface area contributed by atoms with Crippen molar-refractivity contribution in [3.8, 4) is 0 Å². The highest BCUT2D eigenvalue weighted by Gasteiger charge is 2.51. The zero-order chi connectivity index (χ0) is 40.0. The number of allylic oxidation sites excluding steroid dienone is 2. The Hall–Kier alpha value is -1.41. The molecule has 54 heavy (non-hydrogen) atoms. The molecule has 6 atom stereocenters. The quantitative estimate of drug-likeness (QED) is 0.0166. The molecular weight excluding hydrogens is 719 g/mol. The summed E-state index contributed by atoms with van der Waals surface area (Å²) in [5.41, 5.74) is 0. The molecule has 0 aromatic rings. The number of hydrogen-bond acceptors (Lipinski definition) is 12. The normalized spacial score (nSPS) is 23.3. The molecule has 0 aromatic carbocycles. The summed E-state index contributed by atoms with van der Waals surface area (Å²) in [6.07, 6.45) is 17.2. The number of phosphoric ester groups is 1. The van der Waals surface area contributed by atoms with Gasteiger partial charge in [0.1, 0.15) is 43.2 Å². The third-order valence-corrected chi connectivity index (χ3v) is 10.8. The largest absolute Gasteiger partial charge is 0.472 e. The van der Waals surface area contributed by atoms with Crippen LogP contribution in [0.25, 0.3) is 0 Å². The maximum atomic E-state index is 12.7. The zero-order valence-corrected chi connectivity index (χ0v) is 34.2. The van der Waals surface area contributed by atoms with Crippen LogP contribution >= 0.6 is 7.82 Å². The Labute approximate surface area is 324 Å². The first kappa shape index (κ1) is 50.6. The number of carbonyl (C=O) groups is 2. The molecule has 0 saturated heterocycles. The van der Waals surface area contributed by atoms with Gasteiger partial charge in [0.2, 0.25) is 0 Å². The molecule has 318 valence electrons. The molecule has 0 bridgehead atoms. The van der Waals surface area contributed by atoms with Gasteiger partial charge in [0.05, 0.1) is 6.61 Å². The second-order valence-electron chi connectivity index (χ2n) is 14.8. The van der Waals surface area contributed by atoms with Crippen molar-refractivity contribution in [1.82, 2.24) is 0 Å².